The van der Waals surface area contributed by atoms with E-state index in [0.29, 0.717) is 5.56 Å². The topological polar surface area (TPSA) is 37.3 Å². The minimum absolute atomic E-state index is 0.244. The molecule has 0 bridgehead atoms. The highest BCUT2D eigenvalue weighted by atomic mass is 19.1. The molecule has 1 N–H and O–H groups in total. The zero-order chi connectivity index (χ0) is 11.7. The molecule has 0 aliphatic heterocycles. The van der Waals surface area contributed by atoms with Crippen LogP contribution in [0.2, 0.25) is 0 Å². The van der Waals surface area contributed by atoms with E-state index in [1.54, 1.807) is 44.2 Å². The summed E-state index contributed by atoms with van der Waals surface area (Å²) in [6.45, 7) is 3.59. The lowest BCUT2D eigenvalue weighted by Crippen LogP contribution is -2.14. The molecule has 0 amide bonds. The van der Waals surface area contributed by atoms with Gasteiger partial charge in [-0.3, -0.25) is 4.79 Å². The molecule has 0 saturated carbocycles. The molecule has 1 rings (SSSR count). The maximum absolute atomic E-state index is 12.9. The van der Waals surface area contributed by atoms with Gasteiger partial charge in [0.05, 0.1) is 0 Å². The second kappa shape index (κ2) is 8.12. The normalized spacial score (nSPS) is 11.2. The van der Waals surface area contributed by atoms with Crippen molar-refractivity contribution < 1.29 is 14.3 Å². The molecule has 1 aromatic carbocycles. The number of aliphatic hydroxyl groups excluding tert-OH is 1. The minimum atomic E-state index is -1.35. The maximum Gasteiger partial charge on any atom is 0.196 e. The average Bonchev–Trinajstić information content (AvgIpc) is 2.29. The van der Waals surface area contributed by atoms with Crippen molar-refractivity contribution in [1.82, 2.24) is 0 Å². The van der Waals surface area contributed by atoms with Crippen LogP contribution in [0, 0.1) is 0 Å². The van der Waals surface area contributed by atoms with Crippen LogP contribution in [0.15, 0.2) is 30.3 Å². The molecular weight excluding hydrogens is 195 g/mol. The SMILES string of the molecule is CCC(F)C(=O)c1ccccc1.CCO. The second-order valence-electron chi connectivity index (χ2n) is 2.92. The smallest absolute Gasteiger partial charge is 0.196 e. The predicted octanol–water partition coefficient (Wildman–Crippen LogP) is 2.62. The third-order valence-electron chi connectivity index (χ3n) is 1.70. The molecule has 2 nitrogen and oxygen atoms in total. The lowest BCUT2D eigenvalue weighted by atomic mass is 10.1. The van der Waals surface area contributed by atoms with Gasteiger partial charge in [-0.2, -0.15) is 0 Å². The molecule has 0 fully saturated rings. The van der Waals surface area contributed by atoms with E-state index in [0.717, 1.165) is 0 Å². The summed E-state index contributed by atoms with van der Waals surface area (Å²) < 4.78 is 12.9. The van der Waals surface area contributed by atoms with Crippen LogP contribution in [-0.4, -0.2) is 23.7 Å². The fourth-order valence-corrected chi connectivity index (χ4v) is 0.969. The highest BCUT2D eigenvalue weighted by molar-refractivity contribution is 5.99. The van der Waals surface area contributed by atoms with E-state index in [2.05, 4.69) is 0 Å². The van der Waals surface area contributed by atoms with Gasteiger partial charge in [0.2, 0.25) is 0 Å². The summed E-state index contributed by atoms with van der Waals surface area (Å²) in [6.07, 6.45) is -1.11. The molecule has 0 radical (unpaired) electrons. The van der Waals surface area contributed by atoms with E-state index < -0.39 is 12.0 Å². The van der Waals surface area contributed by atoms with Crippen LogP contribution in [0.3, 0.4) is 0 Å². The lowest BCUT2D eigenvalue weighted by Gasteiger charge is -2.02. The Balaban J connectivity index is 0.000000583. The van der Waals surface area contributed by atoms with Crippen molar-refractivity contribution in [2.24, 2.45) is 0 Å². The van der Waals surface area contributed by atoms with Crippen LogP contribution in [-0.2, 0) is 0 Å². The predicted molar refractivity (Wildman–Crippen MR) is 58.7 cm³/mol. The zero-order valence-electron chi connectivity index (χ0n) is 9.11. The number of halogens is 1. The van der Waals surface area contributed by atoms with Gasteiger partial charge in [-0.15, -0.1) is 0 Å². The van der Waals surface area contributed by atoms with Crippen LogP contribution < -0.4 is 0 Å². The summed E-state index contributed by atoms with van der Waals surface area (Å²) in [5.74, 6) is -0.418. The number of hydrogen-bond donors (Lipinski definition) is 1. The molecule has 0 spiro atoms. The number of hydrogen-bond acceptors (Lipinski definition) is 2. The first-order valence-corrected chi connectivity index (χ1v) is 5.01. The van der Waals surface area contributed by atoms with Gasteiger partial charge in [0.15, 0.2) is 12.0 Å². The molecule has 0 aromatic heterocycles. The van der Waals surface area contributed by atoms with E-state index in [1.807, 2.05) is 0 Å². The third kappa shape index (κ3) is 5.27. The summed E-state index contributed by atoms with van der Waals surface area (Å²) in [6, 6.07) is 8.52. The quantitative estimate of drug-likeness (QED) is 0.782. The Labute approximate surface area is 89.7 Å². The second-order valence-corrected chi connectivity index (χ2v) is 2.92. The monoisotopic (exact) mass is 212 g/mol. The molecule has 0 heterocycles. The Kier molecular flexibility index (Phi) is 7.46. The number of aliphatic hydroxyl groups is 1. The van der Waals surface area contributed by atoms with Gasteiger partial charge in [0.1, 0.15) is 0 Å². The van der Waals surface area contributed by atoms with Crippen molar-refractivity contribution in [3.8, 4) is 0 Å². The van der Waals surface area contributed by atoms with Gasteiger partial charge in [-0.25, -0.2) is 4.39 Å². The maximum atomic E-state index is 12.9. The minimum Gasteiger partial charge on any atom is -0.397 e. The summed E-state index contributed by atoms with van der Waals surface area (Å²) in [4.78, 5) is 11.2. The Bertz CT molecular complexity index is 272. The van der Waals surface area contributed by atoms with Gasteiger partial charge in [-0.1, -0.05) is 37.3 Å². The number of carbonyl (C=O) groups excluding carboxylic acids is 1. The molecule has 15 heavy (non-hydrogen) atoms. The Morgan fingerprint density at radius 2 is 1.80 bits per heavy atom. The van der Waals surface area contributed by atoms with Crippen molar-refractivity contribution in [1.29, 1.82) is 0 Å². The van der Waals surface area contributed by atoms with Crippen LogP contribution in [0.4, 0.5) is 4.39 Å². The van der Waals surface area contributed by atoms with Crippen LogP contribution in [0.1, 0.15) is 30.6 Å². The first kappa shape index (κ1) is 13.8. The van der Waals surface area contributed by atoms with Crippen molar-refractivity contribution in [2.45, 2.75) is 26.4 Å². The standard InChI is InChI=1S/C10H11FO.C2H6O/c1-2-9(11)10(12)8-6-4-3-5-7-8;1-2-3/h3-7,9H,2H2,1H3;3H,2H2,1H3. The number of alkyl halides is 1. The van der Waals surface area contributed by atoms with Gasteiger partial charge < -0.3 is 5.11 Å². The third-order valence-corrected chi connectivity index (χ3v) is 1.70. The van der Waals surface area contributed by atoms with E-state index in [9.17, 15) is 9.18 Å². The van der Waals surface area contributed by atoms with E-state index in [1.165, 1.54) is 0 Å². The van der Waals surface area contributed by atoms with Crippen molar-refractivity contribution in [3.63, 3.8) is 0 Å². The average molecular weight is 212 g/mol. The van der Waals surface area contributed by atoms with Gasteiger partial charge in [-0.05, 0) is 13.3 Å². The molecule has 0 aliphatic rings. The fourth-order valence-electron chi connectivity index (χ4n) is 0.969. The van der Waals surface area contributed by atoms with Crippen LogP contribution in [0.25, 0.3) is 0 Å². The van der Waals surface area contributed by atoms with Crippen LogP contribution >= 0.6 is 0 Å². The summed E-state index contributed by atoms with van der Waals surface area (Å²) >= 11 is 0. The van der Waals surface area contributed by atoms with E-state index in [4.69, 9.17) is 5.11 Å². The molecule has 1 unspecified atom stereocenters. The first-order valence-electron chi connectivity index (χ1n) is 5.01. The summed E-state index contributed by atoms with van der Waals surface area (Å²) in [5.41, 5.74) is 0.451. The number of carbonyl (C=O) groups is 1. The highest BCUT2D eigenvalue weighted by Gasteiger charge is 2.15. The number of Topliss-reactive ketones (excluding diaryl/α,β-unsaturated/α-hetero) is 1. The molecular formula is C12H17FO2. The van der Waals surface area contributed by atoms with Gasteiger partial charge >= 0.3 is 0 Å². The molecule has 1 atom stereocenters. The fraction of sp³-hybridized carbons (Fsp3) is 0.417. The molecule has 1 aromatic rings. The van der Waals surface area contributed by atoms with Crippen molar-refractivity contribution >= 4 is 5.78 Å². The van der Waals surface area contributed by atoms with E-state index in [-0.39, 0.29) is 13.0 Å². The number of benzene rings is 1. The molecule has 0 aliphatic carbocycles. The largest absolute Gasteiger partial charge is 0.397 e. The van der Waals surface area contributed by atoms with E-state index >= 15 is 0 Å². The zero-order valence-corrected chi connectivity index (χ0v) is 9.11. The van der Waals surface area contributed by atoms with Crippen LogP contribution in [0.5, 0.6) is 0 Å². The Morgan fingerprint density at radius 1 is 1.33 bits per heavy atom. The van der Waals surface area contributed by atoms with Crippen molar-refractivity contribution in [2.75, 3.05) is 6.61 Å². The molecule has 84 valence electrons. The number of ketones is 1. The number of rotatable bonds is 3. The van der Waals surface area contributed by atoms with Gasteiger partial charge in [0, 0.05) is 12.2 Å². The summed E-state index contributed by atoms with van der Waals surface area (Å²) in [7, 11) is 0. The Hall–Kier alpha value is -1.22. The van der Waals surface area contributed by atoms with Gasteiger partial charge in [0.25, 0.3) is 0 Å². The van der Waals surface area contributed by atoms with Crippen molar-refractivity contribution in [3.05, 3.63) is 35.9 Å². The first-order chi connectivity index (χ1) is 7.17. The molecule has 3 heteroatoms. The summed E-state index contributed by atoms with van der Waals surface area (Å²) in [5, 5.41) is 7.57. The Morgan fingerprint density at radius 3 is 2.20 bits per heavy atom. The lowest BCUT2D eigenvalue weighted by molar-refractivity contribution is 0.0874. The molecule has 0 saturated heterocycles. The highest BCUT2D eigenvalue weighted by Crippen LogP contribution is 2.08.